The predicted octanol–water partition coefficient (Wildman–Crippen LogP) is 4.11. The maximum absolute atomic E-state index is 6.00. The van der Waals surface area contributed by atoms with E-state index in [4.69, 9.17) is 11.6 Å². The van der Waals surface area contributed by atoms with Gasteiger partial charge in [0.05, 0.1) is 5.69 Å². The van der Waals surface area contributed by atoms with E-state index in [1.165, 1.54) is 0 Å². The summed E-state index contributed by atoms with van der Waals surface area (Å²) in [5.74, 6) is 1.08. The first-order valence-electron chi connectivity index (χ1n) is 9.00. The van der Waals surface area contributed by atoms with Crippen LogP contribution in [0.2, 0.25) is 5.02 Å². The highest BCUT2D eigenvalue weighted by Gasteiger charge is 2.13. The van der Waals surface area contributed by atoms with Crippen LogP contribution >= 0.6 is 11.6 Å². The minimum absolute atomic E-state index is 0.477. The van der Waals surface area contributed by atoms with Crippen LogP contribution in [0.1, 0.15) is 0 Å². The van der Waals surface area contributed by atoms with Crippen LogP contribution in [0, 0.1) is 0 Å². The summed E-state index contributed by atoms with van der Waals surface area (Å²) in [6, 6.07) is 17.0. The molecule has 146 valence electrons. The number of hydrogen-bond donors (Lipinski definition) is 3. The fraction of sp³-hybridized carbons (Fsp3) is 0. The summed E-state index contributed by atoms with van der Waals surface area (Å²) >= 11 is 6.00. The van der Waals surface area contributed by atoms with Gasteiger partial charge in [0.1, 0.15) is 5.69 Å². The molecule has 0 bridgehead atoms. The molecule has 0 amide bonds. The van der Waals surface area contributed by atoms with Crippen LogP contribution in [0.25, 0.3) is 33.9 Å². The van der Waals surface area contributed by atoms with E-state index in [0.717, 1.165) is 33.8 Å². The van der Waals surface area contributed by atoms with Crippen molar-refractivity contribution in [2.75, 3.05) is 5.32 Å². The van der Waals surface area contributed by atoms with Crippen molar-refractivity contribution in [2.45, 2.75) is 0 Å². The standard InChI is InChI=1S/C20H14ClN9/c21-14-5-1-12(2-6-14)18-16(11-23-26-18)17-9-10-22-20(25-17)24-15-7-3-13(4-8-15)19-27-29-30-28-19/h1-11H,(H,23,26)(H,22,24,25)(H,27,28,29,30). The van der Waals surface area contributed by atoms with Crippen molar-refractivity contribution in [3.8, 4) is 33.9 Å². The molecule has 0 aliphatic rings. The number of H-pyrrole nitrogens is 2. The fourth-order valence-corrected chi connectivity index (χ4v) is 3.13. The number of nitrogens with zero attached hydrogens (tertiary/aromatic N) is 6. The Morgan fingerprint density at radius 2 is 1.70 bits per heavy atom. The van der Waals surface area contributed by atoms with Crippen LogP contribution in [0.5, 0.6) is 0 Å². The van der Waals surface area contributed by atoms with E-state index < -0.39 is 0 Å². The molecule has 5 rings (SSSR count). The number of halogens is 1. The Labute approximate surface area is 175 Å². The molecule has 0 saturated carbocycles. The zero-order valence-corrected chi connectivity index (χ0v) is 16.2. The summed E-state index contributed by atoms with van der Waals surface area (Å²) in [6.07, 6.45) is 3.52. The Morgan fingerprint density at radius 1 is 0.900 bits per heavy atom. The maximum Gasteiger partial charge on any atom is 0.227 e. The van der Waals surface area contributed by atoms with Gasteiger partial charge in [-0.3, -0.25) is 5.10 Å². The number of benzene rings is 2. The average Bonchev–Trinajstić information content (AvgIpc) is 3.48. The molecule has 3 heterocycles. The van der Waals surface area contributed by atoms with Crippen LogP contribution in [-0.4, -0.2) is 40.8 Å². The first-order valence-corrected chi connectivity index (χ1v) is 9.38. The van der Waals surface area contributed by atoms with Gasteiger partial charge in [0.25, 0.3) is 0 Å². The molecular formula is C20H14ClN9. The Hall–Kier alpha value is -4.11. The zero-order chi connectivity index (χ0) is 20.3. The molecular weight excluding hydrogens is 402 g/mol. The average molecular weight is 416 g/mol. The van der Waals surface area contributed by atoms with Crippen molar-refractivity contribution in [1.29, 1.82) is 0 Å². The van der Waals surface area contributed by atoms with Crippen molar-refractivity contribution in [1.82, 2.24) is 40.8 Å². The summed E-state index contributed by atoms with van der Waals surface area (Å²) in [6.45, 7) is 0. The zero-order valence-electron chi connectivity index (χ0n) is 15.4. The summed E-state index contributed by atoms with van der Waals surface area (Å²) in [5, 5.41) is 25.0. The second kappa shape index (κ2) is 7.72. The fourth-order valence-electron chi connectivity index (χ4n) is 3.00. The molecule has 3 aromatic heterocycles. The summed E-state index contributed by atoms with van der Waals surface area (Å²) < 4.78 is 0. The third-order valence-electron chi connectivity index (χ3n) is 4.45. The highest BCUT2D eigenvalue weighted by Crippen LogP contribution is 2.30. The second-order valence-electron chi connectivity index (χ2n) is 6.37. The Balaban J connectivity index is 1.40. The van der Waals surface area contributed by atoms with Crippen molar-refractivity contribution < 1.29 is 0 Å². The molecule has 0 aliphatic carbocycles. The van der Waals surface area contributed by atoms with Crippen molar-refractivity contribution in [2.24, 2.45) is 0 Å². The van der Waals surface area contributed by atoms with Gasteiger partial charge in [0.15, 0.2) is 5.82 Å². The number of anilines is 2. The van der Waals surface area contributed by atoms with Gasteiger partial charge >= 0.3 is 0 Å². The molecule has 2 aromatic carbocycles. The van der Waals surface area contributed by atoms with Gasteiger partial charge in [0, 0.05) is 39.8 Å². The lowest BCUT2D eigenvalue weighted by Gasteiger charge is -2.07. The molecule has 30 heavy (non-hydrogen) atoms. The quantitative estimate of drug-likeness (QED) is 0.395. The molecule has 0 atom stereocenters. The molecule has 5 aromatic rings. The van der Waals surface area contributed by atoms with Gasteiger partial charge in [-0.25, -0.2) is 15.1 Å². The topological polar surface area (TPSA) is 121 Å². The van der Waals surface area contributed by atoms with E-state index in [1.54, 1.807) is 6.20 Å². The van der Waals surface area contributed by atoms with E-state index in [-0.39, 0.29) is 0 Å². The monoisotopic (exact) mass is 415 g/mol. The van der Waals surface area contributed by atoms with Crippen molar-refractivity contribution in [3.63, 3.8) is 0 Å². The predicted molar refractivity (Wildman–Crippen MR) is 113 cm³/mol. The largest absolute Gasteiger partial charge is 0.324 e. The minimum atomic E-state index is 0.477. The normalized spacial score (nSPS) is 10.8. The molecule has 10 heteroatoms. The lowest BCUT2D eigenvalue weighted by molar-refractivity contribution is 0.881. The van der Waals surface area contributed by atoms with Crippen molar-refractivity contribution >= 4 is 23.2 Å². The number of hydrogen-bond acceptors (Lipinski definition) is 7. The maximum atomic E-state index is 6.00. The lowest BCUT2D eigenvalue weighted by Crippen LogP contribution is -1.98. The van der Waals surface area contributed by atoms with Crippen LogP contribution in [0.4, 0.5) is 11.6 Å². The molecule has 0 radical (unpaired) electrons. The number of tetrazole rings is 1. The Bertz CT molecular complexity index is 1260. The third kappa shape index (κ3) is 3.61. The van der Waals surface area contributed by atoms with E-state index >= 15 is 0 Å². The molecule has 0 unspecified atom stereocenters. The second-order valence-corrected chi connectivity index (χ2v) is 6.81. The van der Waals surface area contributed by atoms with Gasteiger partial charge < -0.3 is 5.32 Å². The van der Waals surface area contributed by atoms with Gasteiger partial charge in [0.2, 0.25) is 5.95 Å². The number of nitrogens with one attached hydrogen (secondary N) is 3. The third-order valence-corrected chi connectivity index (χ3v) is 4.70. The summed E-state index contributed by atoms with van der Waals surface area (Å²) in [7, 11) is 0. The lowest BCUT2D eigenvalue weighted by atomic mass is 10.1. The molecule has 0 spiro atoms. The van der Waals surface area contributed by atoms with Crippen LogP contribution < -0.4 is 5.32 Å². The molecule has 3 N–H and O–H groups in total. The molecule has 0 aliphatic heterocycles. The molecule has 9 nitrogen and oxygen atoms in total. The first kappa shape index (κ1) is 18.0. The first-order chi connectivity index (χ1) is 14.8. The van der Waals surface area contributed by atoms with Gasteiger partial charge in [-0.05, 0) is 52.9 Å². The van der Waals surface area contributed by atoms with E-state index in [1.807, 2.05) is 60.8 Å². The van der Waals surface area contributed by atoms with E-state index in [9.17, 15) is 0 Å². The number of rotatable bonds is 5. The Morgan fingerprint density at radius 3 is 2.47 bits per heavy atom. The van der Waals surface area contributed by atoms with Crippen LogP contribution in [-0.2, 0) is 0 Å². The summed E-state index contributed by atoms with van der Waals surface area (Å²) in [4.78, 5) is 8.96. The molecule has 0 fully saturated rings. The number of aromatic amines is 2. The smallest absolute Gasteiger partial charge is 0.227 e. The number of aromatic nitrogens is 8. The Kier molecular flexibility index (Phi) is 4.62. The van der Waals surface area contributed by atoms with Gasteiger partial charge in [-0.2, -0.15) is 5.10 Å². The SMILES string of the molecule is Clc1ccc(-c2n[nH]cc2-c2ccnc(Nc3ccc(-c4nnn[nH]4)cc3)n2)cc1. The van der Waals surface area contributed by atoms with Gasteiger partial charge in [-0.1, -0.05) is 23.7 Å². The summed E-state index contributed by atoms with van der Waals surface area (Å²) in [5.41, 5.74) is 5.08. The van der Waals surface area contributed by atoms with E-state index in [2.05, 4.69) is 46.1 Å². The molecule has 0 saturated heterocycles. The van der Waals surface area contributed by atoms with Crippen LogP contribution in [0.15, 0.2) is 67.0 Å². The minimum Gasteiger partial charge on any atom is -0.324 e. The highest BCUT2D eigenvalue weighted by atomic mass is 35.5. The van der Waals surface area contributed by atoms with Crippen molar-refractivity contribution in [3.05, 3.63) is 72.0 Å². The van der Waals surface area contributed by atoms with Gasteiger partial charge in [-0.15, -0.1) is 5.10 Å². The van der Waals surface area contributed by atoms with E-state index in [0.29, 0.717) is 16.8 Å². The highest BCUT2D eigenvalue weighted by molar-refractivity contribution is 6.30. The van der Waals surface area contributed by atoms with Crippen LogP contribution in [0.3, 0.4) is 0 Å².